The highest BCUT2D eigenvalue weighted by Crippen LogP contribution is 2.30. The molecule has 2 fully saturated rings. The summed E-state index contributed by atoms with van der Waals surface area (Å²) in [6.07, 6.45) is 3.61. The molecule has 2 heterocycles. The van der Waals surface area contributed by atoms with E-state index in [0.29, 0.717) is 6.42 Å². The van der Waals surface area contributed by atoms with Crippen LogP contribution in [0.2, 0.25) is 0 Å². The van der Waals surface area contributed by atoms with Crippen LogP contribution in [-0.4, -0.2) is 140 Å². The Morgan fingerprint density at radius 2 is 1.12 bits per heavy atom. The van der Waals surface area contributed by atoms with Gasteiger partial charge in [-0.15, -0.1) is 0 Å². The van der Waals surface area contributed by atoms with Crippen molar-refractivity contribution in [2.24, 2.45) is 0 Å². The Bertz CT molecular complexity index is 852. The van der Waals surface area contributed by atoms with Crippen molar-refractivity contribution >= 4 is 5.91 Å². The maximum atomic E-state index is 11.9. The van der Waals surface area contributed by atoms with Gasteiger partial charge < -0.3 is 65.1 Å². The molecule has 0 spiro atoms. The first kappa shape index (κ1) is 44.2. The number of hydrogen-bond donors (Lipinski definition) is 9. The van der Waals surface area contributed by atoms with E-state index in [9.17, 15) is 45.6 Å². The van der Waals surface area contributed by atoms with Crippen LogP contribution in [0.1, 0.15) is 123 Å². The van der Waals surface area contributed by atoms with Gasteiger partial charge in [0.05, 0.1) is 32.0 Å². The first-order valence-electron chi connectivity index (χ1n) is 18.7. The number of hydrogen-bond acceptors (Lipinski definition) is 13. The average molecular weight is 710 g/mol. The third-order valence-electron chi connectivity index (χ3n) is 9.61. The summed E-state index contributed by atoms with van der Waals surface area (Å²) in [5, 5.41) is 84.8. The molecule has 2 aliphatic rings. The number of rotatable bonds is 26. The lowest BCUT2D eigenvalue weighted by molar-refractivity contribution is -0.359. The summed E-state index contributed by atoms with van der Waals surface area (Å²) in [6, 6.07) is -0.822. The molecule has 2 saturated heterocycles. The van der Waals surface area contributed by atoms with E-state index in [1.54, 1.807) is 0 Å². The quantitative estimate of drug-likeness (QED) is 0.0575. The van der Waals surface area contributed by atoms with Crippen LogP contribution in [0.5, 0.6) is 0 Å². The van der Waals surface area contributed by atoms with Crippen molar-refractivity contribution in [2.75, 3.05) is 19.8 Å². The topological polar surface area (TPSA) is 228 Å². The minimum Gasteiger partial charge on any atom is -0.394 e. The van der Waals surface area contributed by atoms with Gasteiger partial charge in [-0.25, -0.2) is 0 Å². The molecule has 2 rings (SSSR count). The Morgan fingerprint density at radius 1 is 0.653 bits per heavy atom. The fraction of sp³-hybridized carbons (Fsp3) is 0.971. The second-order valence-corrected chi connectivity index (χ2v) is 13.8. The smallest absolute Gasteiger partial charge is 0.217 e. The number of carbonyl (C=O) groups is 1. The third-order valence-corrected chi connectivity index (χ3v) is 9.61. The zero-order valence-corrected chi connectivity index (χ0v) is 29.7. The normalized spacial score (nSPS) is 31.8. The van der Waals surface area contributed by atoms with Gasteiger partial charge in [-0.2, -0.15) is 0 Å². The van der Waals surface area contributed by atoms with Crippen molar-refractivity contribution in [1.29, 1.82) is 0 Å². The van der Waals surface area contributed by atoms with Crippen molar-refractivity contribution in [2.45, 2.75) is 197 Å². The Hall–Kier alpha value is -1.01. The highest BCUT2D eigenvalue weighted by atomic mass is 16.7. The van der Waals surface area contributed by atoms with Gasteiger partial charge in [0.2, 0.25) is 5.91 Å². The number of carbonyl (C=O) groups excluding carboxylic acids is 1. The molecule has 12 atom stereocenters. The Labute approximate surface area is 292 Å². The van der Waals surface area contributed by atoms with Crippen molar-refractivity contribution in [3.63, 3.8) is 0 Å². The summed E-state index contributed by atoms with van der Waals surface area (Å²) >= 11 is 0. The largest absolute Gasteiger partial charge is 0.394 e. The minimum atomic E-state index is -1.77. The zero-order valence-electron chi connectivity index (χ0n) is 29.7. The van der Waals surface area contributed by atoms with E-state index in [2.05, 4.69) is 12.2 Å². The first-order chi connectivity index (χ1) is 23.5. The summed E-state index contributed by atoms with van der Waals surface area (Å²) < 4.78 is 22.2. The van der Waals surface area contributed by atoms with Gasteiger partial charge in [-0.1, -0.05) is 110 Å². The van der Waals surface area contributed by atoms with Gasteiger partial charge in [0.15, 0.2) is 12.6 Å². The van der Waals surface area contributed by atoms with E-state index in [1.165, 1.54) is 84.0 Å². The first-order valence-corrected chi connectivity index (χ1v) is 18.7. The predicted molar refractivity (Wildman–Crippen MR) is 180 cm³/mol. The molecule has 0 saturated carbocycles. The van der Waals surface area contributed by atoms with Gasteiger partial charge in [0.1, 0.15) is 48.8 Å². The lowest BCUT2D eigenvalue weighted by Gasteiger charge is -2.46. The number of ether oxygens (including phenoxy) is 4. The highest BCUT2D eigenvalue weighted by molar-refractivity contribution is 5.73. The molecule has 49 heavy (non-hydrogen) atoms. The molecule has 14 heteroatoms. The summed E-state index contributed by atoms with van der Waals surface area (Å²) in [5.41, 5.74) is 0. The van der Waals surface area contributed by atoms with Crippen molar-refractivity contribution in [1.82, 2.24) is 5.32 Å². The van der Waals surface area contributed by atoms with Crippen LogP contribution >= 0.6 is 0 Å². The molecule has 0 aromatic heterocycles. The summed E-state index contributed by atoms with van der Waals surface area (Å²) in [6.45, 7) is 1.90. The molecule has 0 radical (unpaired) electrons. The van der Waals surface area contributed by atoms with Crippen LogP contribution in [0.25, 0.3) is 0 Å². The van der Waals surface area contributed by atoms with Crippen LogP contribution in [0, 0.1) is 0 Å². The van der Waals surface area contributed by atoms with Crippen LogP contribution in [0.15, 0.2) is 0 Å². The fourth-order valence-corrected chi connectivity index (χ4v) is 6.50. The summed E-state index contributed by atoms with van der Waals surface area (Å²) in [4.78, 5) is 11.9. The average Bonchev–Trinajstić information content (AvgIpc) is 3.08. The molecule has 9 N–H and O–H groups in total. The van der Waals surface area contributed by atoms with Crippen molar-refractivity contribution in [3.8, 4) is 0 Å². The van der Waals surface area contributed by atoms with Crippen molar-refractivity contribution < 1.29 is 64.6 Å². The molecule has 290 valence electrons. The number of unbranched alkanes of at least 4 members (excludes halogenated alkanes) is 15. The van der Waals surface area contributed by atoms with Crippen LogP contribution in [0.3, 0.4) is 0 Å². The number of amides is 1. The predicted octanol–water partition coefficient (Wildman–Crippen LogP) is 1.14. The summed E-state index contributed by atoms with van der Waals surface area (Å²) in [5.74, 6) is -0.383. The molecular formula is C35H67NO13. The second-order valence-electron chi connectivity index (χ2n) is 13.8. The molecule has 0 aromatic rings. The molecule has 0 aliphatic carbocycles. The van der Waals surface area contributed by atoms with Gasteiger partial charge in [0, 0.05) is 6.92 Å². The SMILES string of the molecule is CCCCCCCCCCCCCCCCCCC(O)C(COC1OC(CO)C(OC2OC(CO)C(O)C(O)C2O)C(O)C1O)NC(C)=O. The van der Waals surface area contributed by atoms with Crippen LogP contribution in [-0.2, 0) is 23.7 Å². The van der Waals surface area contributed by atoms with Gasteiger partial charge in [-0.05, 0) is 6.42 Å². The van der Waals surface area contributed by atoms with E-state index in [1.807, 2.05) is 0 Å². The second kappa shape index (κ2) is 25.0. The molecule has 1 amide bonds. The van der Waals surface area contributed by atoms with Gasteiger partial charge in [-0.3, -0.25) is 4.79 Å². The molecule has 0 aromatic carbocycles. The Balaban J connectivity index is 1.71. The van der Waals surface area contributed by atoms with Crippen LogP contribution < -0.4 is 5.32 Å². The minimum absolute atomic E-state index is 0.259. The third kappa shape index (κ3) is 15.6. The Kier molecular flexibility index (Phi) is 22.6. The maximum absolute atomic E-state index is 11.9. The molecule has 14 nitrogen and oxygen atoms in total. The lowest BCUT2D eigenvalue weighted by Crippen LogP contribution is -2.65. The van der Waals surface area contributed by atoms with E-state index in [0.717, 1.165) is 25.7 Å². The molecule has 0 bridgehead atoms. The fourth-order valence-electron chi connectivity index (χ4n) is 6.50. The van der Waals surface area contributed by atoms with Gasteiger partial charge >= 0.3 is 0 Å². The van der Waals surface area contributed by atoms with Crippen molar-refractivity contribution in [3.05, 3.63) is 0 Å². The van der Waals surface area contributed by atoms with E-state index in [-0.39, 0.29) is 12.5 Å². The number of nitrogens with one attached hydrogen (secondary N) is 1. The standard InChI is InChI=1S/C35H67NO13/c1-3-4-5-6-7-8-9-10-11-12-13-14-15-16-17-18-19-25(40)24(36-23(2)39)22-46-34-32(45)30(43)33(27(21-38)48-34)49-35-31(44)29(42)28(41)26(20-37)47-35/h24-35,37-38,40-45H,3-22H2,1-2H3,(H,36,39). The van der Waals surface area contributed by atoms with Gasteiger partial charge in [0.25, 0.3) is 0 Å². The van der Waals surface area contributed by atoms with Crippen LogP contribution in [0.4, 0.5) is 0 Å². The monoisotopic (exact) mass is 709 g/mol. The molecule has 2 aliphatic heterocycles. The lowest BCUT2D eigenvalue weighted by atomic mass is 9.97. The zero-order chi connectivity index (χ0) is 36.2. The Morgan fingerprint density at radius 3 is 1.61 bits per heavy atom. The van der Waals surface area contributed by atoms with E-state index >= 15 is 0 Å². The maximum Gasteiger partial charge on any atom is 0.217 e. The highest BCUT2D eigenvalue weighted by Gasteiger charge is 2.50. The van der Waals surface area contributed by atoms with E-state index < -0.39 is 86.8 Å². The molecular weight excluding hydrogens is 642 g/mol. The molecule has 12 unspecified atom stereocenters. The number of aliphatic hydroxyl groups is 8. The number of aliphatic hydroxyl groups excluding tert-OH is 8. The van der Waals surface area contributed by atoms with E-state index in [4.69, 9.17) is 18.9 Å². The summed E-state index contributed by atoms with van der Waals surface area (Å²) in [7, 11) is 0.